The van der Waals surface area contributed by atoms with E-state index in [4.69, 9.17) is 16.3 Å². The third-order valence-corrected chi connectivity index (χ3v) is 8.93. The minimum absolute atomic E-state index is 0.0401. The third-order valence-electron chi connectivity index (χ3n) is 7.30. The SMILES string of the molecule is Cc1cc(-c2ccc(Cl)c(Sc3ncccc3C=O)c2CNC(=O)OCC2c3ccccc3-c3ccccc32)ccn1. The van der Waals surface area contributed by atoms with E-state index < -0.39 is 6.09 Å². The van der Waals surface area contributed by atoms with Crippen molar-refractivity contribution in [2.45, 2.75) is 29.3 Å². The van der Waals surface area contributed by atoms with E-state index >= 15 is 0 Å². The molecule has 6 rings (SSSR count). The number of aromatic nitrogens is 2. The van der Waals surface area contributed by atoms with Crippen LogP contribution in [0.25, 0.3) is 22.3 Å². The second-order valence-electron chi connectivity index (χ2n) is 9.89. The number of nitrogens with zero attached hydrogens (tertiary/aromatic N) is 2. The smallest absolute Gasteiger partial charge is 0.407 e. The highest BCUT2D eigenvalue weighted by Gasteiger charge is 2.29. The quantitative estimate of drug-likeness (QED) is 0.184. The van der Waals surface area contributed by atoms with Crippen LogP contribution >= 0.6 is 23.4 Å². The predicted molar refractivity (Wildman–Crippen MR) is 165 cm³/mol. The topological polar surface area (TPSA) is 81.2 Å². The van der Waals surface area contributed by atoms with Crippen molar-refractivity contribution < 1.29 is 14.3 Å². The molecule has 0 radical (unpaired) electrons. The molecule has 2 aromatic heterocycles. The second kappa shape index (κ2) is 12.2. The van der Waals surface area contributed by atoms with Gasteiger partial charge in [0.1, 0.15) is 11.6 Å². The maximum Gasteiger partial charge on any atom is 0.407 e. The summed E-state index contributed by atoms with van der Waals surface area (Å²) in [4.78, 5) is 34.2. The molecule has 0 bridgehead atoms. The highest BCUT2D eigenvalue weighted by Crippen LogP contribution is 2.45. The number of halogens is 1. The first-order valence-electron chi connectivity index (χ1n) is 13.4. The van der Waals surface area contributed by atoms with Crippen LogP contribution in [0.1, 0.15) is 38.7 Å². The molecule has 0 aliphatic heterocycles. The monoisotopic (exact) mass is 591 g/mol. The van der Waals surface area contributed by atoms with Gasteiger partial charge in [-0.1, -0.05) is 78.0 Å². The summed E-state index contributed by atoms with van der Waals surface area (Å²) in [6.45, 7) is 2.29. The van der Waals surface area contributed by atoms with Crippen molar-refractivity contribution in [2.24, 2.45) is 0 Å². The predicted octanol–water partition coefficient (Wildman–Crippen LogP) is 8.11. The molecular weight excluding hydrogens is 566 g/mol. The van der Waals surface area contributed by atoms with Crippen LogP contribution in [0.4, 0.5) is 4.79 Å². The van der Waals surface area contributed by atoms with Crippen molar-refractivity contribution in [3.05, 3.63) is 130 Å². The zero-order chi connectivity index (χ0) is 29.1. The van der Waals surface area contributed by atoms with Crippen LogP contribution in [-0.4, -0.2) is 29.0 Å². The number of benzene rings is 3. The van der Waals surface area contributed by atoms with Crippen LogP contribution in [0, 0.1) is 6.92 Å². The second-order valence-corrected chi connectivity index (χ2v) is 11.3. The Morgan fingerprint density at radius 3 is 2.38 bits per heavy atom. The first-order valence-corrected chi connectivity index (χ1v) is 14.6. The van der Waals surface area contributed by atoms with Gasteiger partial charge >= 0.3 is 6.09 Å². The number of alkyl carbamates (subject to hydrolysis) is 1. The van der Waals surface area contributed by atoms with Gasteiger partial charge in [-0.3, -0.25) is 9.78 Å². The largest absolute Gasteiger partial charge is 0.449 e. The van der Waals surface area contributed by atoms with E-state index in [1.807, 2.05) is 55.5 Å². The van der Waals surface area contributed by atoms with Crippen LogP contribution in [0.15, 0.2) is 107 Å². The van der Waals surface area contributed by atoms with E-state index in [2.05, 4.69) is 39.6 Å². The van der Waals surface area contributed by atoms with Crippen LogP contribution in [0.2, 0.25) is 5.02 Å². The summed E-state index contributed by atoms with van der Waals surface area (Å²) in [5, 5.41) is 3.95. The average Bonchev–Trinajstić information content (AvgIpc) is 3.34. The van der Waals surface area contributed by atoms with E-state index in [1.54, 1.807) is 24.5 Å². The molecule has 208 valence electrons. The van der Waals surface area contributed by atoms with Crippen molar-refractivity contribution in [2.75, 3.05) is 6.61 Å². The minimum atomic E-state index is -0.531. The van der Waals surface area contributed by atoms with Crippen molar-refractivity contribution in [1.29, 1.82) is 0 Å². The Bertz CT molecular complexity index is 1760. The number of hydrogen-bond acceptors (Lipinski definition) is 6. The average molecular weight is 592 g/mol. The summed E-state index contributed by atoms with van der Waals surface area (Å²) >= 11 is 8.02. The standard InChI is InChI=1S/C34H26ClN3O3S/c1-21-17-22(14-16-36-21)24-12-13-31(35)32(42-33-23(19-39)7-6-15-37-33)29(24)18-38-34(40)41-20-30-27-10-4-2-8-25(27)26-9-3-5-11-28(26)30/h2-17,19,30H,18,20H2,1H3,(H,38,40). The molecule has 0 atom stereocenters. The molecule has 0 saturated carbocycles. The number of nitrogens with one attached hydrogen (secondary N) is 1. The highest BCUT2D eigenvalue weighted by molar-refractivity contribution is 7.99. The Balaban J connectivity index is 1.27. The summed E-state index contributed by atoms with van der Waals surface area (Å²) in [7, 11) is 0. The minimum Gasteiger partial charge on any atom is -0.449 e. The number of aryl methyl sites for hydroxylation is 1. The van der Waals surface area contributed by atoms with Crippen molar-refractivity contribution in [1.82, 2.24) is 15.3 Å². The molecule has 1 N–H and O–H groups in total. The van der Waals surface area contributed by atoms with Gasteiger partial charge in [0.05, 0.1) is 5.02 Å². The Morgan fingerprint density at radius 1 is 0.929 bits per heavy atom. The normalized spacial score (nSPS) is 12.0. The molecule has 1 amide bonds. The van der Waals surface area contributed by atoms with E-state index in [0.29, 0.717) is 20.5 Å². The lowest BCUT2D eigenvalue weighted by molar-refractivity contribution is 0.112. The summed E-state index contributed by atoms with van der Waals surface area (Å²) < 4.78 is 5.79. The number of aldehydes is 1. The fraction of sp³-hybridized carbons (Fsp3) is 0.118. The van der Waals surface area contributed by atoms with Gasteiger partial charge in [0, 0.05) is 41.0 Å². The number of hydrogen-bond donors (Lipinski definition) is 1. The van der Waals surface area contributed by atoms with Gasteiger partial charge in [-0.15, -0.1) is 0 Å². The van der Waals surface area contributed by atoms with Crippen LogP contribution in [0.5, 0.6) is 0 Å². The zero-order valence-corrected chi connectivity index (χ0v) is 24.3. The molecule has 6 nitrogen and oxygen atoms in total. The van der Waals surface area contributed by atoms with Crippen molar-refractivity contribution in [3.8, 4) is 22.3 Å². The molecule has 1 aliphatic rings. The number of amides is 1. The van der Waals surface area contributed by atoms with Gasteiger partial charge in [-0.25, -0.2) is 9.78 Å². The Morgan fingerprint density at radius 2 is 1.67 bits per heavy atom. The van der Waals surface area contributed by atoms with Crippen molar-refractivity contribution in [3.63, 3.8) is 0 Å². The number of carbonyl (C=O) groups excluding carboxylic acids is 2. The third kappa shape index (κ3) is 5.53. The summed E-state index contributed by atoms with van der Waals surface area (Å²) in [5.74, 6) is -0.0401. The molecule has 42 heavy (non-hydrogen) atoms. The van der Waals surface area contributed by atoms with E-state index in [-0.39, 0.29) is 19.1 Å². The Hall–Kier alpha value is -4.46. The van der Waals surface area contributed by atoms with Gasteiger partial charge in [0.15, 0.2) is 6.29 Å². The molecule has 0 fully saturated rings. The first kappa shape index (κ1) is 27.7. The molecule has 0 unspecified atom stereocenters. The van der Waals surface area contributed by atoms with Gasteiger partial charge in [-0.2, -0.15) is 0 Å². The lowest BCUT2D eigenvalue weighted by Gasteiger charge is -2.18. The zero-order valence-electron chi connectivity index (χ0n) is 22.7. The van der Waals surface area contributed by atoms with Crippen LogP contribution < -0.4 is 5.32 Å². The first-order chi connectivity index (χ1) is 20.5. The molecule has 8 heteroatoms. The number of ether oxygens (including phenoxy) is 1. The summed E-state index contributed by atoms with van der Waals surface area (Å²) in [6, 6.07) is 27.5. The lowest BCUT2D eigenvalue weighted by Crippen LogP contribution is -2.26. The molecule has 3 aromatic carbocycles. The van der Waals surface area contributed by atoms with Gasteiger partial charge in [0.2, 0.25) is 0 Å². The molecule has 2 heterocycles. The van der Waals surface area contributed by atoms with Crippen LogP contribution in [0.3, 0.4) is 0 Å². The lowest BCUT2D eigenvalue weighted by atomic mass is 9.98. The molecule has 0 saturated heterocycles. The van der Waals surface area contributed by atoms with Crippen molar-refractivity contribution >= 4 is 35.7 Å². The Kier molecular flexibility index (Phi) is 8.04. The van der Waals surface area contributed by atoms with E-state index in [1.165, 1.54) is 22.9 Å². The van der Waals surface area contributed by atoms with Crippen LogP contribution in [-0.2, 0) is 11.3 Å². The number of fused-ring (bicyclic) bond motifs is 3. The molecule has 1 aliphatic carbocycles. The maximum atomic E-state index is 13.1. The summed E-state index contributed by atoms with van der Waals surface area (Å²) in [6.07, 6.45) is 3.62. The van der Waals surface area contributed by atoms with E-state index in [0.717, 1.165) is 39.8 Å². The van der Waals surface area contributed by atoms with Gasteiger partial charge in [0.25, 0.3) is 0 Å². The van der Waals surface area contributed by atoms with Gasteiger partial charge < -0.3 is 10.1 Å². The number of rotatable bonds is 8. The maximum absolute atomic E-state index is 13.1. The number of pyridine rings is 2. The molecule has 5 aromatic rings. The molecular formula is C34H26ClN3O3S. The van der Waals surface area contributed by atoms with Gasteiger partial charge in [-0.05, 0) is 76.2 Å². The highest BCUT2D eigenvalue weighted by atomic mass is 35.5. The fourth-order valence-corrected chi connectivity index (χ4v) is 6.66. The Labute approximate surface area is 253 Å². The fourth-order valence-electron chi connectivity index (χ4n) is 5.35. The number of carbonyl (C=O) groups is 2. The summed E-state index contributed by atoms with van der Waals surface area (Å²) in [5.41, 5.74) is 8.56. The van der Waals surface area contributed by atoms with E-state index in [9.17, 15) is 9.59 Å². The molecule has 0 spiro atoms.